The van der Waals surface area contributed by atoms with Crippen molar-refractivity contribution in [3.63, 3.8) is 0 Å². The average molecular weight is 500 g/mol. The number of hydrogen-bond donors (Lipinski definition) is 0. The van der Waals surface area contributed by atoms with Crippen LogP contribution in [0.5, 0.6) is 0 Å². The first-order valence-electron chi connectivity index (χ1n) is 13.5. The van der Waals surface area contributed by atoms with Crippen molar-refractivity contribution >= 4 is 17.1 Å². The summed E-state index contributed by atoms with van der Waals surface area (Å²) < 4.78 is 0. The molecular weight excluding hydrogens is 470 g/mol. The number of rotatable bonds is 5. The Hall–Kier alpha value is -4.88. The summed E-state index contributed by atoms with van der Waals surface area (Å²) in [5.74, 6) is 0. The summed E-state index contributed by atoms with van der Waals surface area (Å²) in [5.41, 5.74) is 12.3. The topological polar surface area (TPSA) is 3.24 Å². The largest absolute Gasteiger partial charge is 0.310 e. The van der Waals surface area contributed by atoms with Crippen LogP contribution in [0.25, 0.3) is 22.3 Å². The van der Waals surface area contributed by atoms with Crippen molar-refractivity contribution in [2.75, 3.05) is 4.90 Å². The van der Waals surface area contributed by atoms with Crippen molar-refractivity contribution in [2.45, 2.75) is 12.3 Å². The standard InChI is InChI=1S/C38H29N/c1-38(30-15-7-3-8-16-30)36-20-12-11-19-34(36)35-26-25-33(27-37(35)38)39(31-17-9-4-10-18-31)32-23-21-29(22-24-32)28-13-5-2-6-14-28/h2-27H,1H3. The van der Waals surface area contributed by atoms with E-state index in [1.807, 2.05) is 0 Å². The molecule has 0 bridgehead atoms. The molecule has 1 aliphatic carbocycles. The minimum atomic E-state index is -0.233. The van der Waals surface area contributed by atoms with E-state index in [0.29, 0.717) is 0 Å². The summed E-state index contributed by atoms with van der Waals surface area (Å²) >= 11 is 0. The number of hydrogen-bond acceptors (Lipinski definition) is 1. The molecule has 39 heavy (non-hydrogen) atoms. The quantitative estimate of drug-likeness (QED) is 0.228. The summed E-state index contributed by atoms with van der Waals surface area (Å²) in [6, 6.07) is 56.9. The van der Waals surface area contributed by atoms with Gasteiger partial charge in [-0.15, -0.1) is 0 Å². The van der Waals surface area contributed by atoms with Crippen molar-refractivity contribution in [2.24, 2.45) is 0 Å². The fraction of sp³-hybridized carbons (Fsp3) is 0.0526. The van der Waals surface area contributed by atoms with Crippen LogP contribution in [0, 0.1) is 0 Å². The zero-order valence-corrected chi connectivity index (χ0v) is 22.0. The molecule has 0 aliphatic heterocycles. The van der Waals surface area contributed by atoms with Gasteiger partial charge in [0.05, 0.1) is 0 Å². The normalized spacial score (nSPS) is 15.4. The molecule has 0 aromatic heterocycles. The Morgan fingerprint density at radius 2 is 0.923 bits per heavy atom. The molecule has 0 N–H and O–H groups in total. The van der Waals surface area contributed by atoms with Crippen LogP contribution in [0.2, 0.25) is 0 Å². The van der Waals surface area contributed by atoms with E-state index in [-0.39, 0.29) is 5.41 Å². The third-order valence-corrected chi connectivity index (χ3v) is 8.15. The fourth-order valence-electron chi connectivity index (χ4n) is 6.16. The van der Waals surface area contributed by atoms with Crippen LogP contribution in [-0.2, 0) is 5.41 Å². The first-order chi connectivity index (χ1) is 19.2. The Balaban J connectivity index is 1.39. The molecule has 1 aliphatic rings. The SMILES string of the molecule is CC1(c2ccccc2)c2ccccc2-c2ccc(N(c3ccccc3)c3ccc(-c4ccccc4)cc3)cc21. The molecule has 6 aromatic carbocycles. The molecule has 7 rings (SSSR count). The fourth-order valence-corrected chi connectivity index (χ4v) is 6.16. The lowest BCUT2D eigenvalue weighted by Gasteiger charge is -2.31. The monoisotopic (exact) mass is 499 g/mol. The van der Waals surface area contributed by atoms with Gasteiger partial charge < -0.3 is 4.90 Å². The summed E-state index contributed by atoms with van der Waals surface area (Å²) in [7, 11) is 0. The maximum atomic E-state index is 2.40. The third-order valence-electron chi connectivity index (χ3n) is 8.15. The second-order valence-corrected chi connectivity index (χ2v) is 10.4. The molecule has 0 radical (unpaired) electrons. The number of nitrogens with zero attached hydrogens (tertiary/aromatic N) is 1. The van der Waals surface area contributed by atoms with Crippen LogP contribution in [0.4, 0.5) is 17.1 Å². The molecule has 6 aromatic rings. The van der Waals surface area contributed by atoms with Crippen molar-refractivity contribution in [3.8, 4) is 22.3 Å². The molecule has 186 valence electrons. The van der Waals surface area contributed by atoms with Crippen LogP contribution in [0.15, 0.2) is 158 Å². The molecule has 1 atom stereocenters. The molecule has 1 nitrogen and oxygen atoms in total. The lowest BCUT2D eigenvalue weighted by molar-refractivity contribution is 0.714. The highest BCUT2D eigenvalue weighted by molar-refractivity contribution is 5.87. The summed E-state index contributed by atoms with van der Waals surface area (Å²) in [6.45, 7) is 2.37. The smallest absolute Gasteiger partial charge is 0.0465 e. The zero-order valence-electron chi connectivity index (χ0n) is 22.0. The molecule has 1 unspecified atom stereocenters. The van der Waals surface area contributed by atoms with Gasteiger partial charge in [-0.2, -0.15) is 0 Å². The highest BCUT2D eigenvalue weighted by atomic mass is 15.1. The second-order valence-electron chi connectivity index (χ2n) is 10.4. The maximum Gasteiger partial charge on any atom is 0.0465 e. The Bertz CT molecular complexity index is 1740. The van der Waals surface area contributed by atoms with Crippen molar-refractivity contribution < 1.29 is 0 Å². The first kappa shape index (κ1) is 23.3. The Morgan fingerprint density at radius 3 is 1.64 bits per heavy atom. The van der Waals surface area contributed by atoms with Gasteiger partial charge in [0, 0.05) is 22.5 Å². The molecule has 0 spiro atoms. The van der Waals surface area contributed by atoms with Crippen LogP contribution in [0.1, 0.15) is 23.6 Å². The van der Waals surface area contributed by atoms with Gasteiger partial charge in [0.15, 0.2) is 0 Å². The van der Waals surface area contributed by atoms with Gasteiger partial charge in [0.2, 0.25) is 0 Å². The van der Waals surface area contributed by atoms with Crippen LogP contribution in [-0.4, -0.2) is 0 Å². The van der Waals surface area contributed by atoms with Crippen LogP contribution < -0.4 is 4.90 Å². The van der Waals surface area contributed by atoms with E-state index < -0.39 is 0 Å². The first-order valence-corrected chi connectivity index (χ1v) is 13.5. The van der Waals surface area contributed by atoms with Crippen LogP contribution in [0.3, 0.4) is 0 Å². The lowest BCUT2D eigenvalue weighted by atomic mass is 9.74. The van der Waals surface area contributed by atoms with Crippen LogP contribution >= 0.6 is 0 Å². The van der Waals surface area contributed by atoms with Gasteiger partial charge in [0.25, 0.3) is 0 Å². The number of para-hydroxylation sites is 1. The highest BCUT2D eigenvalue weighted by Crippen LogP contribution is 2.53. The Kier molecular flexibility index (Phi) is 5.64. The van der Waals surface area contributed by atoms with Gasteiger partial charge in [-0.25, -0.2) is 0 Å². The molecular formula is C38H29N. The predicted octanol–water partition coefficient (Wildman–Crippen LogP) is 10.2. The Labute approximate surface area is 230 Å². The maximum absolute atomic E-state index is 2.40. The van der Waals surface area contributed by atoms with E-state index >= 15 is 0 Å². The molecule has 0 fully saturated rings. The molecule has 0 amide bonds. The third kappa shape index (κ3) is 3.86. The molecule has 0 saturated carbocycles. The molecule has 0 saturated heterocycles. The van der Waals surface area contributed by atoms with E-state index in [4.69, 9.17) is 0 Å². The van der Waals surface area contributed by atoms with Gasteiger partial charge in [0.1, 0.15) is 0 Å². The van der Waals surface area contributed by atoms with E-state index in [1.165, 1.54) is 38.9 Å². The highest BCUT2D eigenvalue weighted by Gasteiger charge is 2.40. The molecule has 0 heterocycles. The van der Waals surface area contributed by atoms with Gasteiger partial charge >= 0.3 is 0 Å². The van der Waals surface area contributed by atoms with Gasteiger partial charge in [-0.05, 0) is 82.3 Å². The van der Waals surface area contributed by atoms with Crippen molar-refractivity contribution in [3.05, 3.63) is 174 Å². The second kappa shape index (κ2) is 9.45. The zero-order chi connectivity index (χ0) is 26.2. The summed E-state index contributed by atoms with van der Waals surface area (Å²) in [5, 5.41) is 0. The number of fused-ring (bicyclic) bond motifs is 3. The van der Waals surface area contributed by atoms with E-state index in [2.05, 4.69) is 170 Å². The minimum Gasteiger partial charge on any atom is -0.310 e. The Morgan fingerprint density at radius 1 is 0.410 bits per heavy atom. The predicted molar refractivity (Wildman–Crippen MR) is 164 cm³/mol. The number of anilines is 3. The van der Waals surface area contributed by atoms with Crippen molar-refractivity contribution in [1.82, 2.24) is 0 Å². The molecule has 1 heteroatoms. The summed E-state index contributed by atoms with van der Waals surface area (Å²) in [6.07, 6.45) is 0. The lowest BCUT2D eigenvalue weighted by Crippen LogP contribution is -2.22. The van der Waals surface area contributed by atoms with Gasteiger partial charge in [-0.1, -0.05) is 121 Å². The van der Waals surface area contributed by atoms with Crippen molar-refractivity contribution in [1.29, 1.82) is 0 Å². The number of benzene rings is 6. The summed E-state index contributed by atoms with van der Waals surface area (Å²) in [4.78, 5) is 2.36. The average Bonchev–Trinajstić information content (AvgIpc) is 3.28. The van der Waals surface area contributed by atoms with E-state index in [1.54, 1.807) is 0 Å². The minimum absolute atomic E-state index is 0.233. The van der Waals surface area contributed by atoms with E-state index in [0.717, 1.165) is 17.1 Å². The van der Waals surface area contributed by atoms with E-state index in [9.17, 15) is 0 Å². The van der Waals surface area contributed by atoms with Gasteiger partial charge in [-0.3, -0.25) is 0 Å².